The molecule has 0 amide bonds. The van der Waals surface area contributed by atoms with E-state index >= 15 is 0 Å². The van der Waals surface area contributed by atoms with E-state index < -0.39 is 24.0 Å². The molecule has 0 aromatic rings. The number of hydrogen-bond acceptors (Lipinski definition) is 5. The second-order valence-corrected chi connectivity index (χ2v) is 3.84. The Balaban J connectivity index is 0. The quantitative estimate of drug-likeness (QED) is 0.511. The van der Waals surface area contributed by atoms with Gasteiger partial charge in [0.25, 0.3) is 0 Å². The van der Waals surface area contributed by atoms with Crippen LogP contribution >= 0.6 is 11.8 Å². The van der Waals surface area contributed by atoms with Crippen LogP contribution in [0.1, 0.15) is 13.3 Å². The van der Waals surface area contributed by atoms with Gasteiger partial charge < -0.3 is 21.7 Å². The average molecular weight is 238 g/mol. The number of thioether (sulfide) groups is 1. The minimum absolute atomic E-state index is 0.552. The van der Waals surface area contributed by atoms with Gasteiger partial charge in [0, 0.05) is 0 Å². The molecule has 0 fully saturated rings. The first-order valence-electron chi connectivity index (χ1n) is 4.28. The molecule has 0 aliphatic carbocycles. The summed E-state index contributed by atoms with van der Waals surface area (Å²) in [6.07, 6.45) is 2.48. The van der Waals surface area contributed by atoms with Crippen LogP contribution in [0.3, 0.4) is 0 Å². The predicted octanol–water partition coefficient (Wildman–Crippen LogP) is -0.430. The van der Waals surface area contributed by atoms with Crippen molar-refractivity contribution in [1.82, 2.24) is 0 Å². The zero-order valence-electron chi connectivity index (χ0n) is 8.84. The molecular weight excluding hydrogens is 220 g/mol. The van der Waals surface area contributed by atoms with E-state index in [0.717, 1.165) is 5.75 Å². The SMILES string of the molecule is CSCC[C@H](N)C(=O)O.C[C@H](N)C(=O)O. The molecule has 0 aliphatic rings. The summed E-state index contributed by atoms with van der Waals surface area (Å²) >= 11 is 1.60. The number of carboxylic acids is 2. The molecule has 6 nitrogen and oxygen atoms in total. The Kier molecular flexibility index (Phi) is 10.8. The topological polar surface area (TPSA) is 127 Å². The van der Waals surface area contributed by atoms with E-state index in [1.165, 1.54) is 6.92 Å². The minimum Gasteiger partial charge on any atom is -0.480 e. The highest BCUT2D eigenvalue weighted by atomic mass is 32.2. The van der Waals surface area contributed by atoms with E-state index in [1.807, 2.05) is 6.26 Å². The van der Waals surface area contributed by atoms with Crippen LogP contribution in [0.15, 0.2) is 0 Å². The van der Waals surface area contributed by atoms with Crippen molar-refractivity contribution in [2.45, 2.75) is 25.4 Å². The van der Waals surface area contributed by atoms with Crippen LogP contribution in [0, 0.1) is 0 Å². The number of carboxylic acid groups (broad SMARTS) is 2. The highest BCUT2D eigenvalue weighted by Gasteiger charge is 2.08. The second kappa shape index (κ2) is 9.75. The third-order valence-electron chi connectivity index (χ3n) is 1.34. The van der Waals surface area contributed by atoms with Gasteiger partial charge in [-0.25, -0.2) is 0 Å². The first-order chi connectivity index (χ1) is 6.82. The molecule has 15 heavy (non-hydrogen) atoms. The van der Waals surface area contributed by atoms with Gasteiger partial charge in [-0.1, -0.05) is 0 Å². The predicted molar refractivity (Wildman–Crippen MR) is 59.9 cm³/mol. The number of rotatable bonds is 5. The van der Waals surface area contributed by atoms with Crippen LogP contribution in [0.25, 0.3) is 0 Å². The maximum atomic E-state index is 10.1. The van der Waals surface area contributed by atoms with Gasteiger partial charge in [0.05, 0.1) is 0 Å². The Labute approximate surface area is 93.0 Å². The summed E-state index contributed by atoms with van der Waals surface area (Å²) in [5.41, 5.74) is 10.0. The molecule has 0 aromatic carbocycles. The van der Waals surface area contributed by atoms with Crippen molar-refractivity contribution in [2.24, 2.45) is 11.5 Å². The molecule has 0 bridgehead atoms. The Morgan fingerprint density at radius 2 is 1.67 bits per heavy atom. The summed E-state index contributed by atoms with van der Waals surface area (Å²) in [7, 11) is 0. The Morgan fingerprint density at radius 3 is 1.87 bits per heavy atom. The number of hydrogen-bond donors (Lipinski definition) is 4. The first kappa shape index (κ1) is 16.6. The fourth-order valence-electron chi connectivity index (χ4n) is 0.368. The highest BCUT2D eigenvalue weighted by molar-refractivity contribution is 7.98. The van der Waals surface area contributed by atoms with Crippen molar-refractivity contribution in [3.63, 3.8) is 0 Å². The standard InChI is InChI=1S/C5H11NO2S.C3H7NO2/c1-9-3-2-4(6)5(7)8;1-2(4)3(5)6/h4H,2-3,6H2,1H3,(H,7,8);2H,4H2,1H3,(H,5,6)/t4-;2-/m00/s1. The van der Waals surface area contributed by atoms with Crippen molar-refractivity contribution in [2.75, 3.05) is 12.0 Å². The van der Waals surface area contributed by atoms with Crippen molar-refractivity contribution in [1.29, 1.82) is 0 Å². The molecule has 0 radical (unpaired) electrons. The molecule has 0 rings (SSSR count). The van der Waals surface area contributed by atoms with Crippen LogP contribution in [0.4, 0.5) is 0 Å². The monoisotopic (exact) mass is 238 g/mol. The molecule has 6 N–H and O–H groups in total. The summed E-state index contributed by atoms with van der Waals surface area (Å²) in [4.78, 5) is 19.6. The maximum Gasteiger partial charge on any atom is 0.320 e. The molecule has 90 valence electrons. The van der Waals surface area contributed by atoms with E-state index in [0.29, 0.717) is 6.42 Å². The molecule has 0 spiro atoms. The normalized spacial score (nSPS) is 13.3. The summed E-state index contributed by atoms with van der Waals surface area (Å²) in [5, 5.41) is 16.1. The van der Waals surface area contributed by atoms with Crippen molar-refractivity contribution in [3.8, 4) is 0 Å². The van der Waals surface area contributed by atoms with Crippen LogP contribution in [0.5, 0.6) is 0 Å². The highest BCUT2D eigenvalue weighted by Crippen LogP contribution is 1.97. The summed E-state index contributed by atoms with van der Waals surface area (Å²) in [5.74, 6) is -1.06. The van der Waals surface area contributed by atoms with Gasteiger partial charge in [-0.3, -0.25) is 9.59 Å². The largest absolute Gasteiger partial charge is 0.480 e. The fourth-order valence-corrected chi connectivity index (χ4v) is 0.858. The molecule has 0 aromatic heterocycles. The zero-order valence-corrected chi connectivity index (χ0v) is 9.66. The third kappa shape index (κ3) is 13.2. The lowest BCUT2D eigenvalue weighted by Crippen LogP contribution is -2.30. The van der Waals surface area contributed by atoms with Crippen LogP contribution < -0.4 is 11.5 Å². The van der Waals surface area contributed by atoms with Crippen LogP contribution in [-0.2, 0) is 9.59 Å². The van der Waals surface area contributed by atoms with E-state index in [9.17, 15) is 9.59 Å². The van der Waals surface area contributed by atoms with Gasteiger partial charge in [-0.05, 0) is 25.4 Å². The Bertz CT molecular complexity index is 199. The molecule has 0 unspecified atom stereocenters. The van der Waals surface area contributed by atoms with E-state index in [1.54, 1.807) is 11.8 Å². The summed E-state index contributed by atoms with van der Waals surface area (Å²) < 4.78 is 0. The second-order valence-electron chi connectivity index (χ2n) is 2.85. The Morgan fingerprint density at radius 1 is 1.27 bits per heavy atom. The van der Waals surface area contributed by atoms with E-state index in [4.69, 9.17) is 21.7 Å². The van der Waals surface area contributed by atoms with E-state index in [2.05, 4.69) is 0 Å². The molecule has 0 heterocycles. The van der Waals surface area contributed by atoms with Gasteiger partial charge in [-0.15, -0.1) is 0 Å². The van der Waals surface area contributed by atoms with Crippen molar-refractivity contribution in [3.05, 3.63) is 0 Å². The molecule has 0 saturated carbocycles. The molecular formula is C8H18N2O4S. The first-order valence-corrected chi connectivity index (χ1v) is 5.68. The lowest BCUT2D eigenvalue weighted by atomic mass is 10.2. The van der Waals surface area contributed by atoms with E-state index in [-0.39, 0.29) is 0 Å². The van der Waals surface area contributed by atoms with Crippen LogP contribution in [-0.4, -0.2) is 46.2 Å². The molecule has 0 aliphatic heterocycles. The Hall–Kier alpha value is -0.790. The minimum atomic E-state index is -0.963. The van der Waals surface area contributed by atoms with Crippen molar-refractivity contribution >= 4 is 23.7 Å². The lowest BCUT2D eigenvalue weighted by Gasteiger charge is -2.02. The van der Waals surface area contributed by atoms with Crippen LogP contribution in [0.2, 0.25) is 0 Å². The molecule has 2 atom stereocenters. The van der Waals surface area contributed by atoms with Gasteiger partial charge in [0.15, 0.2) is 0 Å². The van der Waals surface area contributed by atoms with Gasteiger partial charge in [0.2, 0.25) is 0 Å². The fraction of sp³-hybridized carbons (Fsp3) is 0.750. The van der Waals surface area contributed by atoms with Crippen molar-refractivity contribution < 1.29 is 19.8 Å². The zero-order chi connectivity index (χ0) is 12.4. The average Bonchev–Trinajstić information content (AvgIpc) is 2.14. The van der Waals surface area contributed by atoms with Gasteiger partial charge in [0.1, 0.15) is 12.1 Å². The molecule has 0 saturated heterocycles. The van der Waals surface area contributed by atoms with Gasteiger partial charge in [-0.2, -0.15) is 11.8 Å². The summed E-state index contributed by atoms with van der Waals surface area (Å²) in [6.45, 7) is 1.42. The molecule has 7 heteroatoms. The maximum absolute atomic E-state index is 10.1. The lowest BCUT2D eigenvalue weighted by molar-refractivity contribution is -0.139. The number of carbonyl (C=O) groups is 2. The smallest absolute Gasteiger partial charge is 0.320 e. The summed E-state index contributed by atoms with van der Waals surface area (Å²) in [6, 6.07) is -1.41. The number of aliphatic carboxylic acids is 2. The third-order valence-corrected chi connectivity index (χ3v) is 1.98. The number of nitrogens with two attached hydrogens (primary N) is 2. The van der Waals surface area contributed by atoms with Gasteiger partial charge >= 0.3 is 11.9 Å².